The minimum atomic E-state index is -1.43. The molecule has 0 aliphatic carbocycles. The summed E-state index contributed by atoms with van der Waals surface area (Å²) in [6, 6.07) is 12.6. The van der Waals surface area contributed by atoms with Crippen LogP contribution in [-0.2, 0) is 14.4 Å². The number of carbonyl (C=O) groups is 3. The maximum Gasteiger partial charge on any atom is 0.326 e. The lowest BCUT2D eigenvalue weighted by molar-refractivity contribution is -0.384. The summed E-state index contributed by atoms with van der Waals surface area (Å²) in [4.78, 5) is 45.3. The first-order valence-corrected chi connectivity index (χ1v) is 8.16. The molecule has 0 fully saturated rings. The first-order chi connectivity index (χ1) is 13.3. The normalized spacial score (nSPS) is 11.6. The number of nitrogens with zero attached hydrogens (tertiary/aromatic N) is 1. The van der Waals surface area contributed by atoms with Crippen molar-refractivity contribution in [3.05, 3.63) is 76.4 Å². The Hall–Kier alpha value is -4.01. The number of anilines is 1. The molecule has 0 aliphatic heterocycles. The van der Waals surface area contributed by atoms with E-state index in [0.29, 0.717) is 0 Å². The summed E-state index contributed by atoms with van der Waals surface area (Å²) in [6.07, 6.45) is 2.20. The summed E-state index contributed by atoms with van der Waals surface area (Å²) < 4.78 is 0. The Morgan fingerprint density at radius 2 is 1.71 bits per heavy atom. The first kappa shape index (κ1) is 20.3. The highest BCUT2D eigenvalue weighted by Gasteiger charge is 2.22. The Balaban J connectivity index is 1.93. The van der Waals surface area contributed by atoms with E-state index in [1.165, 1.54) is 36.4 Å². The van der Waals surface area contributed by atoms with Crippen molar-refractivity contribution in [2.24, 2.45) is 0 Å². The number of benzene rings is 2. The predicted molar refractivity (Wildman–Crippen MR) is 101 cm³/mol. The summed E-state index contributed by atoms with van der Waals surface area (Å²) in [5.41, 5.74) is 0.898. The van der Waals surface area contributed by atoms with Gasteiger partial charge in [0.15, 0.2) is 0 Å². The maximum absolute atomic E-state index is 12.0. The van der Waals surface area contributed by atoms with Crippen molar-refractivity contribution in [1.29, 1.82) is 0 Å². The molecule has 3 N–H and O–H groups in total. The Morgan fingerprint density at radius 3 is 2.29 bits per heavy atom. The van der Waals surface area contributed by atoms with Gasteiger partial charge in [-0.15, -0.1) is 0 Å². The van der Waals surface area contributed by atoms with Gasteiger partial charge in [-0.2, -0.15) is 0 Å². The maximum atomic E-state index is 12.0. The van der Waals surface area contributed by atoms with Crippen LogP contribution in [0.5, 0.6) is 0 Å². The molecule has 0 unspecified atom stereocenters. The van der Waals surface area contributed by atoms with E-state index in [4.69, 9.17) is 0 Å². The van der Waals surface area contributed by atoms with Gasteiger partial charge in [0.05, 0.1) is 11.3 Å². The topological polar surface area (TPSA) is 139 Å². The van der Waals surface area contributed by atoms with Crippen LogP contribution in [0.1, 0.15) is 12.0 Å². The van der Waals surface area contributed by atoms with Gasteiger partial charge in [-0.1, -0.05) is 30.3 Å². The molecule has 0 bridgehead atoms. The molecular weight excluding hydrogens is 366 g/mol. The summed E-state index contributed by atoms with van der Waals surface area (Å²) in [5, 5.41) is 24.5. The molecule has 0 aliphatic rings. The molecule has 2 rings (SSSR count). The number of hydrogen-bond donors (Lipinski definition) is 3. The van der Waals surface area contributed by atoms with Crippen molar-refractivity contribution in [3.8, 4) is 0 Å². The molecule has 9 nitrogen and oxygen atoms in total. The molecule has 2 aromatic rings. The highest BCUT2D eigenvalue weighted by Crippen LogP contribution is 2.15. The molecule has 144 valence electrons. The molecule has 0 saturated carbocycles. The third-order valence-corrected chi connectivity index (χ3v) is 3.59. The van der Waals surface area contributed by atoms with Crippen molar-refractivity contribution in [2.45, 2.75) is 12.5 Å². The van der Waals surface area contributed by atoms with Gasteiger partial charge < -0.3 is 15.7 Å². The van der Waals surface area contributed by atoms with Gasteiger partial charge in [0.25, 0.3) is 5.69 Å². The average molecular weight is 383 g/mol. The van der Waals surface area contributed by atoms with Gasteiger partial charge in [-0.05, 0) is 23.8 Å². The fraction of sp³-hybridized carbons (Fsp3) is 0.105. The van der Waals surface area contributed by atoms with Crippen LogP contribution in [0.15, 0.2) is 60.7 Å². The minimum absolute atomic E-state index is 0.140. The molecular formula is C19H17N3O6. The SMILES string of the molecule is O=C(/C=C/c1ccccc1)N[C@H](CC(=O)Nc1ccc([N+](=O)[O-])cc1)C(=O)O. The summed E-state index contributed by atoms with van der Waals surface area (Å²) in [7, 11) is 0. The van der Waals surface area contributed by atoms with Gasteiger partial charge in [-0.25, -0.2) is 4.79 Å². The number of carbonyl (C=O) groups excluding carboxylic acids is 2. The monoisotopic (exact) mass is 383 g/mol. The van der Waals surface area contributed by atoms with Gasteiger partial charge in [0.2, 0.25) is 11.8 Å². The smallest absolute Gasteiger partial charge is 0.326 e. The predicted octanol–water partition coefficient (Wildman–Crippen LogP) is 2.21. The molecule has 2 amide bonds. The second-order valence-electron chi connectivity index (χ2n) is 5.70. The van der Waals surface area contributed by atoms with Gasteiger partial charge in [-0.3, -0.25) is 19.7 Å². The van der Waals surface area contributed by atoms with Crippen LogP contribution in [0.4, 0.5) is 11.4 Å². The van der Waals surface area contributed by atoms with Crippen LogP contribution in [0, 0.1) is 10.1 Å². The van der Waals surface area contributed by atoms with Crippen LogP contribution in [0.25, 0.3) is 6.08 Å². The molecule has 0 radical (unpaired) electrons. The van der Waals surface area contributed by atoms with Gasteiger partial charge in [0.1, 0.15) is 6.04 Å². The third-order valence-electron chi connectivity index (χ3n) is 3.59. The number of aliphatic carboxylic acids is 1. The molecule has 0 spiro atoms. The fourth-order valence-electron chi connectivity index (χ4n) is 2.22. The summed E-state index contributed by atoms with van der Waals surface area (Å²) in [5.74, 6) is -2.67. The minimum Gasteiger partial charge on any atom is -0.480 e. The Bertz CT molecular complexity index is 894. The lowest BCUT2D eigenvalue weighted by Gasteiger charge is -2.13. The quantitative estimate of drug-likeness (QED) is 0.363. The first-order valence-electron chi connectivity index (χ1n) is 8.16. The number of hydrogen-bond acceptors (Lipinski definition) is 5. The molecule has 9 heteroatoms. The summed E-state index contributed by atoms with van der Waals surface area (Å²) in [6.45, 7) is 0. The average Bonchev–Trinajstić information content (AvgIpc) is 2.67. The third kappa shape index (κ3) is 6.37. The van der Waals surface area contributed by atoms with E-state index < -0.39 is 35.2 Å². The van der Waals surface area contributed by atoms with Crippen LogP contribution in [0.3, 0.4) is 0 Å². The van der Waals surface area contributed by atoms with Crippen LogP contribution in [0.2, 0.25) is 0 Å². The van der Waals surface area contributed by atoms with E-state index in [-0.39, 0.29) is 11.4 Å². The number of nitro benzene ring substituents is 1. The second kappa shape index (κ2) is 9.62. The van der Waals surface area contributed by atoms with Crippen molar-refractivity contribution in [3.63, 3.8) is 0 Å². The van der Waals surface area contributed by atoms with E-state index in [9.17, 15) is 29.6 Å². The number of rotatable bonds is 8. The zero-order valence-electron chi connectivity index (χ0n) is 14.6. The number of carboxylic acid groups (broad SMARTS) is 1. The zero-order chi connectivity index (χ0) is 20.5. The highest BCUT2D eigenvalue weighted by molar-refractivity contribution is 5.98. The van der Waals surface area contributed by atoms with Gasteiger partial charge >= 0.3 is 5.97 Å². The van der Waals surface area contributed by atoms with Crippen molar-refractivity contribution < 1.29 is 24.4 Å². The van der Waals surface area contributed by atoms with Crippen LogP contribution < -0.4 is 10.6 Å². The molecule has 0 heterocycles. The lowest BCUT2D eigenvalue weighted by atomic mass is 10.1. The van der Waals surface area contributed by atoms with E-state index in [1.54, 1.807) is 24.3 Å². The molecule has 0 saturated heterocycles. The number of nitro groups is 1. The van der Waals surface area contributed by atoms with E-state index in [1.807, 2.05) is 6.07 Å². The second-order valence-corrected chi connectivity index (χ2v) is 5.70. The van der Waals surface area contributed by atoms with Crippen molar-refractivity contribution >= 4 is 35.2 Å². The van der Waals surface area contributed by atoms with E-state index in [2.05, 4.69) is 10.6 Å². The Labute approximate surface area is 159 Å². The molecule has 2 aromatic carbocycles. The van der Waals surface area contributed by atoms with Crippen molar-refractivity contribution in [2.75, 3.05) is 5.32 Å². The molecule has 0 aromatic heterocycles. The number of non-ortho nitro benzene ring substituents is 1. The fourth-order valence-corrected chi connectivity index (χ4v) is 2.22. The van der Waals surface area contributed by atoms with E-state index >= 15 is 0 Å². The van der Waals surface area contributed by atoms with E-state index in [0.717, 1.165) is 5.56 Å². The van der Waals surface area contributed by atoms with Crippen LogP contribution >= 0.6 is 0 Å². The molecule has 28 heavy (non-hydrogen) atoms. The number of nitrogens with one attached hydrogen (secondary N) is 2. The summed E-state index contributed by atoms with van der Waals surface area (Å²) >= 11 is 0. The largest absolute Gasteiger partial charge is 0.480 e. The highest BCUT2D eigenvalue weighted by atomic mass is 16.6. The van der Waals surface area contributed by atoms with Crippen LogP contribution in [-0.4, -0.2) is 33.9 Å². The number of amides is 2. The molecule has 1 atom stereocenters. The lowest BCUT2D eigenvalue weighted by Crippen LogP contribution is -2.42. The Kier molecular flexibility index (Phi) is 6.98. The number of carboxylic acids is 1. The van der Waals surface area contributed by atoms with Gasteiger partial charge in [0, 0.05) is 23.9 Å². The zero-order valence-corrected chi connectivity index (χ0v) is 14.6. The van der Waals surface area contributed by atoms with Crippen molar-refractivity contribution in [1.82, 2.24) is 5.32 Å². The Morgan fingerprint density at radius 1 is 1.07 bits per heavy atom. The standard InChI is InChI=1S/C19H17N3O6/c23-17(11-6-13-4-2-1-3-5-13)21-16(19(25)26)12-18(24)20-14-7-9-15(10-8-14)22(27)28/h1-11,16H,12H2,(H,20,24)(H,21,23)(H,25,26)/b11-6+/t16-/m1/s1.